The highest BCUT2D eigenvalue weighted by Crippen LogP contribution is 2.16. The maximum Gasteiger partial charge on any atom is 0.254 e. The van der Waals surface area contributed by atoms with Crippen molar-refractivity contribution >= 4 is 11.6 Å². The lowest BCUT2D eigenvalue weighted by Crippen LogP contribution is -2.27. The minimum Gasteiger partial charge on any atom is -0.399 e. The Morgan fingerprint density at radius 3 is 2.60 bits per heavy atom. The fourth-order valence-corrected chi connectivity index (χ4v) is 1.85. The molecule has 20 heavy (non-hydrogen) atoms. The first kappa shape index (κ1) is 14.0. The van der Waals surface area contributed by atoms with Crippen LogP contribution in [0.15, 0.2) is 42.5 Å². The Bertz CT molecular complexity index is 644. The summed E-state index contributed by atoms with van der Waals surface area (Å²) in [6.07, 6.45) is 0. The second kappa shape index (κ2) is 5.69. The van der Waals surface area contributed by atoms with E-state index in [1.807, 2.05) is 0 Å². The first-order valence-electron chi connectivity index (χ1n) is 6.08. The monoisotopic (exact) mass is 276 g/mol. The van der Waals surface area contributed by atoms with E-state index in [0.29, 0.717) is 5.56 Å². The van der Waals surface area contributed by atoms with E-state index in [0.717, 1.165) is 6.07 Å². The number of hydrogen-bond acceptors (Lipinski definition) is 2. The summed E-state index contributed by atoms with van der Waals surface area (Å²) < 4.78 is 26.7. The van der Waals surface area contributed by atoms with Gasteiger partial charge in [0.2, 0.25) is 0 Å². The Kier molecular flexibility index (Phi) is 3.98. The normalized spacial score (nSPS) is 11.9. The smallest absolute Gasteiger partial charge is 0.254 e. The molecule has 0 aliphatic rings. The summed E-state index contributed by atoms with van der Waals surface area (Å²) in [7, 11) is 0. The molecule has 2 aromatic rings. The Morgan fingerprint density at radius 1 is 1.20 bits per heavy atom. The molecule has 104 valence electrons. The number of nitrogens with two attached hydrogens (primary N) is 1. The van der Waals surface area contributed by atoms with Gasteiger partial charge in [-0.25, -0.2) is 8.78 Å². The average molecular weight is 276 g/mol. The molecule has 2 aromatic carbocycles. The van der Waals surface area contributed by atoms with E-state index in [1.54, 1.807) is 19.1 Å². The largest absolute Gasteiger partial charge is 0.399 e. The maximum absolute atomic E-state index is 13.6. The van der Waals surface area contributed by atoms with Gasteiger partial charge >= 0.3 is 0 Å². The Morgan fingerprint density at radius 2 is 1.95 bits per heavy atom. The highest BCUT2D eigenvalue weighted by atomic mass is 19.1. The van der Waals surface area contributed by atoms with Crippen molar-refractivity contribution in [1.82, 2.24) is 5.32 Å². The van der Waals surface area contributed by atoms with E-state index < -0.39 is 17.8 Å². The van der Waals surface area contributed by atoms with Gasteiger partial charge < -0.3 is 11.1 Å². The summed E-state index contributed by atoms with van der Waals surface area (Å²) in [5, 5.41) is 2.61. The van der Waals surface area contributed by atoms with E-state index in [-0.39, 0.29) is 17.1 Å². The van der Waals surface area contributed by atoms with Crippen LogP contribution in [0.25, 0.3) is 0 Å². The highest BCUT2D eigenvalue weighted by Gasteiger charge is 2.15. The van der Waals surface area contributed by atoms with E-state index in [4.69, 9.17) is 5.73 Å². The second-order valence-electron chi connectivity index (χ2n) is 4.49. The van der Waals surface area contributed by atoms with Gasteiger partial charge in [-0.2, -0.15) is 0 Å². The van der Waals surface area contributed by atoms with E-state index in [1.165, 1.54) is 24.3 Å². The van der Waals surface area contributed by atoms with Crippen molar-refractivity contribution in [2.45, 2.75) is 13.0 Å². The van der Waals surface area contributed by atoms with Gasteiger partial charge in [0.05, 0.1) is 11.6 Å². The maximum atomic E-state index is 13.6. The summed E-state index contributed by atoms with van der Waals surface area (Å²) in [4.78, 5) is 12.0. The third-order valence-corrected chi connectivity index (χ3v) is 2.93. The Labute approximate surface area is 115 Å². The molecule has 1 amide bonds. The summed E-state index contributed by atoms with van der Waals surface area (Å²) in [5.41, 5.74) is 6.18. The molecule has 0 unspecified atom stereocenters. The van der Waals surface area contributed by atoms with Gasteiger partial charge in [0.1, 0.15) is 11.6 Å². The molecule has 3 N–H and O–H groups in total. The minimum atomic E-state index is -0.686. The zero-order valence-corrected chi connectivity index (χ0v) is 10.9. The van der Waals surface area contributed by atoms with Gasteiger partial charge in [0.25, 0.3) is 5.91 Å². The second-order valence-corrected chi connectivity index (χ2v) is 4.49. The third kappa shape index (κ3) is 3.12. The number of amides is 1. The van der Waals surface area contributed by atoms with Crippen LogP contribution < -0.4 is 11.1 Å². The van der Waals surface area contributed by atoms with Crippen LogP contribution in [0.5, 0.6) is 0 Å². The predicted octanol–water partition coefficient (Wildman–Crippen LogP) is 3.04. The summed E-state index contributed by atoms with van der Waals surface area (Å²) >= 11 is 0. The summed E-state index contributed by atoms with van der Waals surface area (Å²) in [5.74, 6) is -1.64. The quantitative estimate of drug-likeness (QED) is 0.847. The molecule has 0 heterocycles. The van der Waals surface area contributed by atoms with Crippen LogP contribution in [0.3, 0.4) is 0 Å². The fourth-order valence-electron chi connectivity index (χ4n) is 1.85. The Balaban J connectivity index is 2.15. The van der Waals surface area contributed by atoms with Crippen LogP contribution in [-0.4, -0.2) is 5.91 Å². The van der Waals surface area contributed by atoms with Crippen molar-refractivity contribution in [2.24, 2.45) is 0 Å². The lowest BCUT2D eigenvalue weighted by atomic mass is 10.1. The number of anilines is 1. The van der Waals surface area contributed by atoms with Crippen molar-refractivity contribution in [3.63, 3.8) is 0 Å². The molecule has 2 rings (SSSR count). The van der Waals surface area contributed by atoms with Gasteiger partial charge in [-0.1, -0.05) is 12.1 Å². The first-order valence-corrected chi connectivity index (χ1v) is 6.08. The van der Waals surface area contributed by atoms with Crippen LogP contribution in [0.1, 0.15) is 28.9 Å². The van der Waals surface area contributed by atoms with Crippen LogP contribution in [-0.2, 0) is 0 Å². The zero-order chi connectivity index (χ0) is 14.7. The van der Waals surface area contributed by atoms with Crippen molar-refractivity contribution in [2.75, 3.05) is 5.73 Å². The molecule has 0 bridgehead atoms. The van der Waals surface area contributed by atoms with Gasteiger partial charge in [0.15, 0.2) is 0 Å². The summed E-state index contributed by atoms with van der Waals surface area (Å²) in [6, 6.07) is 9.30. The molecular formula is C15H14F2N2O. The molecule has 0 aromatic heterocycles. The minimum absolute atomic E-state index is 0.0950. The van der Waals surface area contributed by atoms with Gasteiger partial charge in [-0.15, -0.1) is 0 Å². The van der Waals surface area contributed by atoms with Crippen LogP contribution in [0.4, 0.5) is 14.5 Å². The summed E-state index contributed by atoms with van der Waals surface area (Å²) in [6.45, 7) is 1.70. The number of carbonyl (C=O) groups is 1. The highest BCUT2D eigenvalue weighted by molar-refractivity contribution is 5.95. The third-order valence-electron chi connectivity index (χ3n) is 2.93. The van der Waals surface area contributed by atoms with Crippen LogP contribution in [0, 0.1) is 11.6 Å². The topological polar surface area (TPSA) is 55.1 Å². The standard InChI is InChI=1S/C15H14F2N2O/c1-9(10-3-2-4-11(16)7-10)19-15(20)13-6-5-12(18)8-14(13)17/h2-9H,18H2,1H3,(H,19,20)/t9-/m1/s1. The molecule has 5 heteroatoms. The first-order chi connectivity index (χ1) is 9.47. The molecule has 3 nitrogen and oxygen atoms in total. The molecule has 0 fully saturated rings. The van der Waals surface area contributed by atoms with E-state index in [2.05, 4.69) is 5.32 Å². The van der Waals surface area contributed by atoms with Crippen LogP contribution in [0.2, 0.25) is 0 Å². The van der Waals surface area contributed by atoms with Crippen LogP contribution >= 0.6 is 0 Å². The van der Waals surface area contributed by atoms with Gasteiger partial charge in [-0.05, 0) is 42.8 Å². The lowest BCUT2D eigenvalue weighted by molar-refractivity contribution is 0.0936. The molecule has 0 saturated heterocycles. The number of benzene rings is 2. The number of nitrogen functional groups attached to an aromatic ring is 1. The average Bonchev–Trinajstić information content (AvgIpc) is 2.38. The molecule has 0 saturated carbocycles. The Hall–Kier alpha value is -2.43. The van der Waals surface area contributed by atoms with Crippen molar-refractivity contribution in [3.05, 3.63) is 65.2 Å². The predicted molar refractivity (Wildman–Crippen MR) is 73.1 cm³/mol. The molecular weight excluding hydrogens is 262 g/mol. The molecule has 0 aliphatic carbocycles. The number of hydrogen-bond donors (Lipinski definition) is 2. The molecule has 1 atom stereocenters. The number of halogens is 2. The van der Waals surface area contributed by atoms with Crippen molar-refractivity contribution in [3.8, 4) is 0 Å². The zero-order valence-electron chi connectivity index (χ0n) is 10.9. The molecule has 0 spiro atoms. The van der Waals surface area contributed by atoms with Crippen molar-refractivity contribution < 1.29 is 13.6 Å². The van der Waals surface area contributed by atoms with E-state index >= 15 is 0 Å². The lowest BCUT2D eigenvalue weighted by Gasteiger charge is -2.15. The SMILES string of the molecule is C[C@@H](NC(=O)c1ccc(N)cc1F)c1cccc(F)c1. The van der Waals surface area contributed by atoms with Gasteiger partial charge in [-0.3, -0.25) is 4.79 Å². The van der Waals surface area contributed by atoms with Gasteiger partial charge in [0, 0.05) is 5.69 Å². The molecule has 0 radical (unpaired) electrons. The fraction of sp³-hybridized carbons (Fsp3) is 0.133. The number of rotatable bonds is 3. The number of nitrogens with one attached hydrogen (secondary N) is 1. The molecule has 0 aliphatic heterocycles. The number of carbonyl (C=O) groups excluding carboxylic acids is 1. The van der Waals surface area contributed by atoms with Crippen molar-refractivity contribution in [1.29, 1.82) is 0 Å². The van der Waals surface area contributed by atoms with E-state index in [9.17, 15) is 13.6 Å².